The van der Waals surface area contributed by atoms with Crippen LogP contribution in [0.2, 0.25) is 0 Å². The highest BCUT2D eigenvalue weighted by Gasteiger charge is 2.08. The molecule has 2 aromatic rings. The van der Waals surface area contributed by atoms with Crippen molar-refractivity contribution < 1.29 is 9.47 Å². The lowest BCUT2D eigenvalue weighted by atomic mass is 10.2. The largest absolute Gasteiger partial charge is 0.490 e. The number of hydrogen-bond acceptors (Lipinski definition) is 6. The van der Waals surface area contributed by atoms with Crippen LogP contribution in [0.5, 0.6) is 11.5 Å². The van der Waals surface area contributed by atoms with E-state index < -0.39 is 0 Å². The predicted octanol–water partition coefficient (Wildman–Crippen LogP) is 2.49. The summed E-state index contributed by atoms with van der Waals surface area (Å²) in [7, 11) is 0. The molecule has 22 heavy (non-hydrogen) atoms. The Balaban J connectivity index is 2.06. The van der Waals surface area contributed by atoms with Crippen LogP contribution >= 0.6 is 0 Å². The summed E-state index contributed by atoms with van der Waals surface area (Å²) in [6, 6.07) is 5.95. The average Bonchev–Trinajstić information content (AvgIpc) is 3.00. The SMILES string of the molecule is CCCOc1ccc(CNc2nnnn2CC)cc1OCC. The van der Waals surface area contributed by atoms with Gasteiger partial charge in [-0.15, -0.1) is 0 Å². The molecule has 0 fully saturated rings. The minimum atomic E-state index is 0.605. The number of ether oxygens (including phenoxy) is 2. The zero-order chi connectivity index (χ0) is 15.8. The van der Waals surface area contributed by atoms with E-state index >= 15 is 0 Å². The minimum absolute atomic E-state index is 0.605. The summed E-state index contributed by atoms with van der Waals surface area (Å²) in [5, 5.41) is 14.7. The van der Waals surface area contributed by atoms with E-state index in [2.05, 4.69) is 27.8 Å². The first-order valence-corrected chi connectivity index (χ1v) is 7.67. The van der Waals surface area contributed by atoms with Crippen LogP contribution in [-0.2, 0) is 13.1 Å². The molecule has 0 radical (unpaired) electrons. The van der Waals surface area contributed by atoms with Crippen molar-refractivity contribution in [2.24, 2.45) is 0 Å². The fourth-order valence-corrected chi connectivity index (χ4v) is 1.99. The molecule has 0 atom stereocenters. The van der Waals surface area contributed by atoms with Crippen molar-refractivity contribution in [1.82, 2.24) is 20.2 Å². The number of benzene rings is 1. The molecule has 7 heteroatoms. The normalized spacial score (nSPS) is 10.5. The van der Waals surface area contributed by atoms with E-state index in [1.54, 1.807) is 4.68 Å². The van der Waals surface area contributed by atoms with Gasteiger partial charge in [0.15, 0.2) is 11.5 Å². The summed E-state index contributed by atoms with van der Waals surface area (Å²) in [4.78, 5) is 0. The number of nitrogens with one attached hydrogen (secondary N) is 1. The highest BCUT2D eigenvalue weighted by Crippen LogP contribution is 2.28. The van der Waals surface area contributed by atoms with E-state index in [0.29, 0.717) is 25.7 Å². The lowest BCUT2D eigenvalue weighted by Crippen LogP contribution is -2.08. The van der Waals surface area contributed by atoms with Crippen LogP contribution in [0.3, 0.4) is 0 Å². The summed E-state index contributed by atoms with van der Waals surface area (Å²) < 4.78 is 13.1. The molecule has 0 saturated heterocycles. The van der Waals surface area contributed by atoms with Gasteiger partial charge in [0.1, 0.15) is 0 Å². The van der Waals surface area contributed by atoms with Crippen LogP contribution < -0.4 is 14.8 Å². The molecule has 1 N–H and O–H groups in total. The average molecular weight is 305 g/mol. The molecule has 120 valence electrons. The maximum Gasteiger partial charge on any atom is 0.243 e. The Kier molecular flexibility index (Phi) is 6.00. The first-order valence-electron chi connectivity index (χ1n) is 7.67. The fraction of sp³-hybridized carbons (Fsp3) is 0.533. The molecule has 0 amide bonds. The van der Waals surface area contributed by atoms with E-state index in [1.165, 1.54) is 0 Å². The Bertz CT molecular complexity index is 585. The number of tetrazole rings is 1. The van der Waals surface area contributed by atoms with Crippen molar-refractivity contribution in [3.63, 3.8) is 0 Å². The predicted molar refractivity (Wildman–Crippen MR) is 84.2 cm³/mol. The third kappa shape index (κ3) is 4.09. The smallest absolute Gasteiger partial charge is 0.243 e. The van der Waals surface area contributed by atoms with Gasteiger partial charge < -0.3 is 14.8 Å². The highest BCUT2D eigenvalue weighted by atomic mass is 16.5. The van der Waals surface area contributed by atoms with E-state index in [4.69, 9.17) is 9.47 Å². The molecule has 0 aliphatic carbocycles. The monoisotopic (exact) mass is 305 g/mol. The summed E-state index contributed by atoms with van der Waals surface area (Å²) in [5.41, 5.74) is 1.08. The van der Waals surface area contributed by atoms with Crippen LogP contribution in [0.25, 0.3) is 0 Å². The molecule has 0 spiro atoms. The Morgan fingerprint density at radius 3 is 2.73 bits per heavy atom. The van der Waals surface area contributed by atoms with E-state index in [0.717, 1.165) is 30.0 Å². The van der Waals surface area contributed by atoms with E-state index in [9.17, 15) is 0 Å². The first kappa shape index (κ1) is 16.1. The molecule has 0 bridgehead atoms. The van der Waals surface area contributed by atoms with Crippen molar-refractivity contribution in [2.45, 2.75) is 40.3 Å². The second-order valence-electron chi connectivity index (χ2n) is 4.73. The molecule has 0 saturated carbocycles. The van der Waals surface area contributed by atoms with Gasteiger partial charge in [-0.2, -0.15) is 0 Å². The van der Waals surface area contributed by atoms with Gasteiger partial charge in [0, 0.05) is 13.1 Å². The molecule has 0 aliphatic heterocycles. The van der Waals surface area contributed by atoms with Gasteiger partial charge in [0.25, 0.3) is 0 Å². The Hall–Kier alpha value is -2.31. The summed E-state index contributed by atoms with van der Waals surface area (Å²) in [6.07, 6.45) is 0.967. The van der Waals surface area contributed by atoms with Gasteiger partial charge in [-0.1, -0.05) is 18.1 Å². The molecular formula is C15H23N5O2. The van der Waals surface area contributed by atoms with Crippen molar-refractivity contribution >= 4 is 5.95 Å². The van der Waals surface area contributed by atoms with Gasteiger partial charge in [-0.05, 0) is 48.4 Å². The Labute approximate surface area is 130 Å². The third-order valence-corrected chi connectivity index (χ3v) is 3.05. The van der Waals surface area contributed by atoms with Gasteiger partial charge >= 0.3 is 0 Å². The standard InChI is InChI=1S/C15H23N5O2/c1-4-9-22-13-8-7-12(10-14(13)21-6-3)11-16-15-17-18-19-20(15)5-2/h7-8,10H,4-6,9,11H2,1-3H3,(H,16,17,19). The molecule has 1 heterocycles. The molecule has 0 aliphatic rings. The van der Waals surface area contributed by atoms with Gasteiger partial charge in [-0.25, -0.2) is 4.68 Å². The van der Waals surface area contributed by atoms with Crippen LogP contribution in [0.15, 0.2) is 18.2 Å². The molecule has 0 unspecified atom stereocenters. The third-order valence-electron chi connectivity index (χ3n) is 3.05. The number of hydrogen-bond donors (Lipinski definition) is 1. The summed E-state index contributed by atoms with van der Waals surface area (Å²) in [5.74, 6) is 2.21. The second-order valence-corrected chi connectivity index (χ2v) is 4.73. The number of aryl methyl sites for hydroxylation is 1. The summed E-state index contributed by atoms with van der Waals surface area (Å²) >= 11 is 0. The number of rotatable bonds is 9. The Morgan fingerprint density at radius 2 is 2.00 bits per heavy atom. The lowest BCUT2D eigenvalue weighted by Gasteiger charge is -2.13. The highest BCUT2D eigenvalue weighted by molar-refractivity contribution is 5.44. The van der Waals surface area contributed by atoms with E-state index in [-0.39, 0.29) is 0 Å². The second kappa shape index (κ2) is 8.21. The zero-order valence-corrected chi connectivity index (χ0v) is 13.4. The number of anilines is 1. The van der Waals surface area contributed by atoms with Crippen molar-refractivity contribution in [1.29, 1.82) is 0 Å². The minimum Gasteiger partial charge on any atom is -0.490 e. The maximum atomic E-state index is 5.70. The van der Waals surface area contributed by atoms with Crippen LogP contribution in [-0.4, -0.2) is 33.4 Å². The van der Waals surface area contributed by atoms with Crippen LogP contribution in [0, 0.1) is 0 Å². The van der Waals surface area contributed by atoms with Gasteiger partial charge in [0.05, 0.1) is 13.2 Å². The lowest BCUT2D eigenvalue weighted by molar-refractivity contribution is 0.276. The van der Waals surface area contributed by atoms with Crippen molar-refractivity contribution in [3.8, 4) is 11.5 Å². The summed E-state index contributed by atoms with van der Waals surface area (Å²) in [6.45, 7) is 8.67. The van der Waals surface area contributed by atoms with E-state index in [1.807, 2.05) is 32.0 Å². The van der Waals surface area contributed by atoms with Crippen molar-refractivity contribution in [3.05, 3.63) is 23.8 Å². The first-order chi connectivity index (χ1) is 10.8. The molecule has 7 nitrogen and oxygen atoms in total. The van der Waals surface area contributed by atoms with Crippen LogP contribution in [0.1, 0.15) is 32.8 Å². The molecular weight excluding hydrogens is 282 g/mol. The topological polar surface area (TPSA) is 74.1 Å². The van der Waals surface area contributed by atoms with Gasteiger partial charge in [-0.3, -0.25) is 0 Å². The Morgan fingerprint density at radius 1 is 1.14 bits per heavy atom. The fourth-order valence-electron chi connectivity index (χ4n) is 1.99. The number of aromatic nitrogens is 4. The van der Waals surface area contributed by atoms with Gasteiger partial charge in [0.2, 0.25) is 5.95 Å². The quantitative estimate of drug-likeness (QED) is 0.767. The van der Waals surface area contributed by atoms with Crippen molar-refractivity contribution in [2.75, 3.05) is 18.5 Å². The molecule has 2 rings (SSSR count). The number of nitrogens with zero attached hydrogens (tertiary/aromatic N) is 4. The molecule has 1 aromatic carbocycles. The molecule has 1 aromatic heterocycles. The maximum absolute atomic E-state index is 5.70. The zero-order valence-electron chi connectivity index (χ0n) is 13.4. The van der Waals surface area contributed by atoms with Crippen LogP contribution in [0.4, 0.5) is 5.95 Å².